The van der Waals surface area contributed by atoms with Crippen molar-refractivity contribution in [2.45, 2.75) is 38.3 Å². The molecule has 0 amide bonds. The largest absolute Gasteiger partial charge is 0.490 e. The van der Waals surface area contributed by atoms with Gasteiger partial charge in [0.15, 0.2) is 0 Å². The number of benzene rings is 1. The fourth-order valence-electron chi connectivity index (χ4n) is 3.14. The molecule has 2 aliphatic rings. The molecule has 1 fully saturated rings. The molecule has 0 radical (unpaired) electrons. The fourth-order valence-corrected chi connectivity index (χ4v) is 4.60. The van der Waals surface area contributed by atoms with Gasteiger partial charge in [0.2, 0.25) is 0 Å². The Morgan fingerprint density at radius 2 is 2.30 bits per heavy atom. The minimum atomic E-state index is -0.160. The van der Waals surface area contributed by atoms with Gasteiger partial charge in [0.05, 0.1) is 0 Å². The van der Waals surface area contributed by atoms with E-state index in [0.717, 1.165) is 30.7 Å². The lowest BCUT2D eigenvalue weighted by Crippen LogP contribution is -2.37. The first-order valence-corrected chi connectivity index (χ1v) is 8.68. The van der Waals surface area contributed by atoms with Crippen molar-refractivity contribution < 1.29 is 9.13 Å². The topological polar surface area (TPSA) is 21.3 Å². The highest BCUT2D eigenvalue weighted by Crippen LogP contribution is 2.35. The molecule has 0 saturated carbocycles. The first-order valence-electron chi connectivity index (χ1n) is 7.52. The minimum Gasteiger partial charge on any atom is -0.490 e. The Morgan fingerprint density at radius 1 is 1.40 bits per heavy atom. The van der Waals surface area contributed by atoms with Gasteiger partial charge >= 0.3 is 0 Å². The van der Waals surface area contributed by atoms with Crippen molar-refractivity contribution in [2.75, 3.05) is 18.1 Å². The molecule has 2 aliphatic heterocycles. The standard InChI is InChI=1S/C16H22FNOS/c1-2-5-18-15-10-20-9-12(15)8-14-7-11-6-13(17)3-4-16(11)19-14/h3-4,6,12,14-15,18H,2,5,7-10H2,1H3. The van der Waals surface area contributed by atoms with E-state index in [1.807, 2.05) is 11.8 Å². The second-order valence-electron chi connectivity index (χ2n) is 5.79. The minimum absolute atomic E-state index is 0.160. The lowest BCUT2D eigenvalue weighted by Gasteiger charge is -2.22. The number of fused-ring (bicyclic) bond motifs is 1. The number of thioether (sulfide) groups is 1. The van der Waals surface area contributed by atoms with Crippen molar-refractivity contribution in [3.05, 3.63) is 29.6 Å². The van der Waals surface area contributed by atoms with Crippen molar-refractivity contribution in [1.82, 2.24) is 5.32 Å². The Labute approximate surface area is 124 Å². The van der Waals surface area contributed by atoms with Gasteiger partial charge in [0, 0.05) is 23.8 Å². The zero-order chi connectivity index (χ0) is 13.9. The third kappa shape index (κ3) is 3.12. The molecule has 1 N–H and O–H groups in total. The van der Waals surface area contributed by atoms with Gasteiger partial charge in [-0.15, -0.1) is 0 Å². The molecule has 0 bridgehead atoms. The Kier molecular flexibility index (Phi) is 4.51. The van der Waals surface area contributed by atoms with Crippen LogP contribution in [0.4, 0.5) is 4.39 Å². The summed E-state index contributed by atoms with van der Waals surface area (Å²) in [5.41, 5.74) is 1.03. The first-order chi connectivity index (χ1) is 9.76. The average molecular weight is 295 g/mol. The molecular weight excluding hydrogens is 273 g/mol. The third-order valence-corrected chi connectivity index (χ3v) is 5.44. The molecule has 0 spiro atoms. The van der Waals surface area contributed by atoms with Crippen LogP contribution in [0.2, 0.25) is 0 Å². The van der Waals surface area contributed by atoms with Crippen LogP contribution in [0.3, 0.4) is 0 Å². The van der Waals surface area contributed by atoms with Crippen molar-refractivity contribution >= 4 is 11.8 Å². The van der Waals surface area contributed by atoms with Crippen molar-refractivity contribution in [3.63, 3.8) is 0 Å². The third-order valence-electron chi connectivity index (χ3n) is 4.18. The van der Waals surface area contributed by atoms with Crippen LogP contribution in [-0.2, 0) is 6.42 Å². The first kappa shape index (κ1) is 14.2. The van der Waals surface area contributed by atoms with Crippen molar-refractivity contribution in [3.8, 4) is 5.75 Å². The van der Waals surface area contributed by atoms with Crippen LogP contribution in [0.5, 0.6) is 5.75 Å². The number of nitrogens with one attached hydrogen (secondary N) is 1. The Bertz CT molecular complexity index is 468. The van der Waals surface area contributed by atoms with Crippen LogP contribution < -0.4 is 10.1 Å². The summed E-state index contributed by atoms with van der Waals surface area (Å²) in [4.78, 5) is 0. The van der Waals surface area contributed by atoms with Crippen LogP contribution in [0.15, 0.2) is 18.2 Å². The summed E-state index contributed by atoms with van der Waals surface area (Å²) < 4.78 is 19.2. The second-order valence-corrected chi connectivity index (χ2v) is 6.86. The smallest absolute Gasteiger partial charge is 0.123 e. The highest BCUT2D eigenvalue weighted by atomic mass is 32.2. The van der Waals surface area contributed by atoms with Crippen LogP contribution >= 0.6 is 11.8 Å². The van der Waals surface area contributed by atoms with Gasteiger partial charge in [-0.3, -0.25) is 0 Å². The van der Waals surface area contributed by atoms with Crippen molar-refractivity contribution in [2.24, 2.45) is 5.92 Å². The van der Waals surface area contributed by atoms with Crippen molar-refractivity contribution in [1.29, 1.82) is 0 Å². The van der Waals surface area contributed by atoms with Crippen LogP contribution in [-0.4, -0.2) is 30.2 Å². The molecule has 3 rings (SSSR count). The van der Waals surface area contributed by atoms with Gasteiger partial charge in [-0.1, -0.05) is 6.92 Å². The highest BCUT2D eigenvalue weighted by Gasteiger charge is 2.32. The quantitative estimate of drug-likeness (QED) is 0.901. The van der Waals surface area contributed by atoms with E-state index in [1.165, 1.54) is 24.0 Å². The Hall–Kier alpha value is -0.740. The molecule has 3 unspecified atom stereocenters. The van der Waals surface area contributed by atoms with Crippen LogP contribution in [0.1, 0.15) is 25.3 Å². The van der Waals surface area contributed by atoms with Gasteiger partial charge in [-0.25, -0.2) is 4.39 Å². The molecular formula is C16H22FNOS. The predicted molar refractivity (Wildman–Crippen MR) is 82.0 cm³/mol. The van der Waals surface area contributed by atoms with E-state index in [-0.39, 0.29) is 11.9 Å². The van der Waals surface area contributed by atoms with Gasteiger partial charge in [0.25, 0.3) is 0 Å². The normalized spacial score (nSPS) is 28.4. The number of hydrogen-bond donors (Lipinski definition) is 1. The number of rotatable bonds is 5. The molecule has 0 aliphatic carbocycles. The van der Waals surface area contributed by atoms with E-state index in [0.29, 0.717) is 12.0 Å². The fraction of sp³-hybridized carbons (Fsp3) is 0.625. The molecule has 1 aromatic rings. The molecule has 20 heavy (non-hydrogen) atoms. The summed E-state index contributed by atoms with van der Waals surface area (Å²) in [5, 5.41) is 3.65. The lowest BCUT2D eigenvalue weighted by atomic mass is 9.94. The molecule has 1 saturated heterocycles. The molecule has 2 nitrogen and oxygen atoms in total. The van der Waals surface area contributed by atoms with E-state index >= 15 is 0 Å². The summed E-state index contributed by atoms with van der Waals surface area (Å²) in [6, 6.07) is 5.48. The number of halogens is 1. The monoisotopic (exact) mass is 295 g/mol. The predicted octanol–water partition coefficient (Wildman–Crippen LogP) is 3.25. The van der Waals surface area contributed by atoms with E-state index in [2.05, 4.69) is 12.2 Å². The van der Waals surface area contributed by atoms with Gasteiger partial charge in [-0.2, -0.15) is 11.8 Å². The van der Waals surface area contributed by atoms with Crippen LogP contribution in [0.25, 0.3) is 0 Å². The molecule has 4 heteroatoms. The maximum Gasteiger partial charge on any atom is 0.123 e. The highest BCUT2D eigenvalue weighted by molar-refractivity contribution is 7.99. The zero-order valence-corrected chi connectivity index (χ0v) is 12.7. The van der Waals surface area contributed by atoms with Gasteiger partial charge < -0.3 is 10.1 Å². The van der Waals surface area contributed by atoms with E-state index in [9.17, 15) is 4.39 Å². The molecule has 3 atom stereocenters. The number of ether oxygens (including phenoxy) is 1. The SMILES string of the molecule is CCCNC1CSCC1CC1Cc2cc(F)ccc2O1. The van der Waals surface area contributed by atoms with E-state index in [4.69, 9.17) is 4.74 Å². The second kappa shape index (κ2) is 6.35. The maximum absolute atomic E-state index is 13.2. The van der Waals surface area contributed by atoms with E-state index < -0.39 is 0 Å². The van der Waals surface area contributed by atoms with Crippen LogP contribution in [0, 0.1) is 11.7 Å². The maximum atomic E-state index is 13.2. The summed E-state index contributed by atoms with van der Waals surface area (Å²) in [7, 11) is 0. The Balaban J connectivity index is 1.57. The zero-order valence-electron chi connectivity index (χ0n) is 11.9. The molecule has 2 heterocycles. The molecule has 110 valence electrons. The molecule has 1 aromatic carbocycles. The summed E-state index contributed by atoms with van der Waals surface area (Å²) in [6.45, 7) is 3.30. The van der Waals surface area contributed by atoms with Gasteiger partial charge in [0.1, 0.15) is 17.7 Å². The summed E-state index contributed by atoms with van der Waals surface area (Å²) in [5.74, 6) is 3.81. The number of hydrogen-bond acceptors (Lipinski definition) is 3. The van der Waals surface area contributed by atoms with E-state index in [1.54, 1.807) is 12.1 Å². The molecule has 0 aromatic heterocycles. The van der Waals surface area contributed by atoms with Gasteiger partial charge in [-0.05, 0) is 49.3 Å². The average Bonchev–Trinajstić information content (AvgIpc) is 3.02. The Morgan fingerprint density at radius 3 is 3.15 bits per heavy atom. The summed E-state index contributed by atoms with van der Waals surface area (Å²) in [6.07, 6.45) is 3.33. The summed E-state index contributed by atoms with van der Waals surface area (Å²) >= 11 is 2.03. The lowest BCUT2D eigenvalue weighted by molar-refractivity contribution is 0.189.